The van der Waals surface area contributed by atoms with Gasteiger partial charge in [-0.2, -0.15) is 0 Å². The molecule has 7 nitrogen and oxygen atoms in total. The summed E-state index contributed by atoms with van der Waals surface area (Å²) in [4.78, 5) is 45.8. The maximum absolute atomic E-state index is 12.3. The molecule has 0 radical (unpaired) electrons. The van der Waals surface area contributed by atoms with Crippen LogP contribution in [-0.2, 0) is 20.8 Å². The van der Waals surface area contributed by atoms with Gasteiger partial charge < -0.3 is 10.2 Å². The zero-order chi connectivity index (χ0) is 17.8. The number of nitrogens with zero attached hydrogens (tertiary/aromatic N) is 3. The standard InChI is InChI=1S/C17H20N4O3S/c1-11-4-7-21(8-5-11)14(22)9-12-10-25-17(19-12)20-16(24)13-3-2-6-18-15(13)23/h2-3,6,10-11,13H,4-5,7-9H2,1H3,(H,19,20,24). The van der Waals surface area contributed by atoms with Crippen molar-refractivity contribution in [2.24, 2.45) is 16.8 Å². The third kappa shape index (κ3) is 4.39. The number of thiazole rings is 1. The molecule has 2 aliphatic heterocycles. The number of anilines is 1. The number of piperidine rings is 1. The van der Waals surface area contributed by atoms with Gasteiger partial charge in [-0.1, -0.05) is 13.0 Å². The Bertz CT molecular complexity index is 732. The van der Waals surface area contributed by atoms with Crippen LogP contribution in [0.5, 0.6) is 0 Å². The van der Waals surface area contributed by atoms with Crippen molar-refractivity contribution in [2.45, 2.75) is 26.2 Å². The van der Waals surface area contributed by atoms with Crippen LogP contribution in [0.3, 0.4) is 0 Å². The molecule has 132 valence electrons. The molecule has 0 saturated carbocycles. The van der Waals surface area contributed by atoms with Crippen LogP contribution in [-0.4, -0.2) is 46.9 Å². The number of hydrogen-bond acceptors (Lipinski definition) is 5. The lowest BCUT2D eigenvalue weighted by Gasteiger charge is -2.30. The summed E-state index contributed by atoms with van der Waals surface area (Å²) in [6, 6.07) is 0. The molecule has 8 heteroatoms. The second-order valence-corrected chi connectivity index (χ2v) is 7.21. The molecular formula is C17H20N4O3S. The number of carbonyl (C=O) groups excluding carboxylic acids is 3. The maximum Gasteiger partial charge on any atom is 0.262 e. The number of likely N-dealkylation sites (tertiary alicyclic amines) is 1. The van der Waals surface area contributed by atoms with E-state index in [9.17, 15) is 14.4 Å². The fourth-order valence-electron chi connectivity index (χ4n) is 2.79. The van der Waals surface area contributed by atoms with E-state index in [0.29, 0.717) is 16.7 Å². The van der Waals surface area contributed by atoms with E-state index in [-0.39, 0.29) is 12.3 Å². The quantitative estimate of drug-likeness (QED) is 0.827. The van der Waals surface area contributed by atoms with Crippen LogP contribution in [0.25, 0.3) is 0 Å². The number of rotatable bonds is 4. The Hall–Kier alpha value is -2.35. The lowest BCUT2D eigenvalue weighted by Crippen LogP contribution is -2.38. The molecule has 3 amide bonds. The monoisotopic (exact) mass is 360 g/mol. The van der Waals surface area contributed by atoms with E-state index in [1.54, 1.807) is 11.5 Å². The Morgan fingerprint density at radius 1 is 1.36 bits per heavy atom. The summed E-state index contributed by atoms with van der Waals surface area (Å²) in [6.45, 7) is 3.80. The average molecular weight is 360 g/mol. The van der Waals surface area contributed by atoms with E-state index in [2.05, 4.69) is 22.2 Å². The summed E-state index contributed by atoms with van der Waals surface area (Å²) in [6.07, 6.45) is 6.73. The minimum absolute atomic E-state index is 0.0646. The van der Waals surface area contributed by atoms with Crippen molar-refractivity contribution in [3.05, 3.63) is 23.2 Å². The van der Waals surface area contributed by atoms with Gasteiger partial charge in [0.2, 0.25) is 11.8 Å². The summed E-state index contributed by atoms with van der Waals surface area (Å²) in [5, 5.41) is 4.76. The molecule has 3 heterocycles. The molecule has 0 spiro atoms. The molecule has 2 aliphatic rings. The highest BCUT2D eigenvalue weighted by atomic mass is 32.1. The van der Waals surface area contributed by atoms with E-state index in [0.717, 1.165) is 25.9 Å². The predicted molar refractivity (Wildman–Crippen MR) is 95.6 cm³/mol. The van der Waals surface area contributed by atoms with E-state index in [4.69, 9.17) is 0 Å². The SMILES string of the molecule is CC1CCN(C(=O)Cc2csc(NC(=O)C3C=CC=NC3=O)n2)CC1. The molecule has 1 saturated heterocycles. The highest BCUT2D eigenvalue weighted by Gasteiger charge is 2.26. The van der Waals surface area contributed by atoms with E-state index < -0.39 is 17.7 Å². The molecule has 1 N–H and O–H groups in total. The van der Waals surface area contributed by atoms with Gasteiger partial charge in [0, 0.05) is 24.7 Å². The van der Waals surface area contributed by atoms with E-state index in [1.165, 1.54) is 23.6 Å². The van der Waals surface area contributed by atoms with Crippen LogP contribution in [0.15, 0.2) is 22.5 Å². The number of hydrogen-bond donors (Lipinski definition) is 1. The number of aliphatic imine (C=N–C) groups is 1. The highest BCUT2D eigenvalue weighted by Crippen LogP contribution is 2.20. The summed E-state index contributed by atoms with van der Waals surface area (Å²) < 4.78 is 0. The maximum atomic E-state index is 12.3. The Morgan fingerprint density at radius 3 is 2.84 bits per heavy atom. The molecule has 0 aromatic carbocycles. The van der Waals surface area contributed by atoms with Crippen molar-refractivity contribution < 1.29 is 14.4 Å². The van der Waals surface area contributed by atoms with Crippen LogP contribution in [0, 0.1) is 11.8 Å². The van der Waals surface area contributed by atoms with E-state index >= 15 is 0 Å². The van der Waals surface area contributed by atoms with Crippen molar-refractivity contribution in [1.82, 2.24) is 9.88 Å². The first kappa shape index (κ1) is 17.5. The summed E-state index contributed by atoms with van der Waals surface area (Å²) in [5.74, 6) is -1.14. The molecule has 1 aromatic rings. The van der Waals surface area contributed by atoms with Gasteiger partial charge in [-0.3, -0.25) is 14.4 Å². The molecule has 1 atom stereocenters. The molecule has 3 rings (SSSR count). The summed E-state index contributed by atoms with van der Waals surface area (Å²) in [5.41, 5.74) is 0.632. The second-order valence-electron chi connectivity index (χ2n) is 6.35. The lowest BCUT2D eigenvalue weighted by atomic mass is 9.99. The van der Waals surface area contributed by atoms with Gasteiger partial charge in [0.05, 0.1) is 12.1 Å². The molecule has 0 bridgehead atoms. The van der Waals surface area contributed by atoms with Crippen LogP contribution in [0.2, 0.25) is 0 Å². The van der Waals surface area contributed by atoms with Gasteiger partial charge in [0.25, 0.3) is 5.91 Å². The first-order valence-corrected chi connectivity index (χ1v) is 9.18. The number of aromatic nitrogens is 1. The van der Waals surface area contributed by atoms with Crippen molar-refractivity contribution in [1.29, 1.82) is 0 Å². The Balaban J connectivity index is 1.54. The molecule has 25 heavy (non-hydrogen) atoms. The van der Waals surface area contributed by atoms with Crippen LogP contribution in [0.4, 0.5) is 5.13 Å². The van der Waals surface area contributed by atoms with E-state index in [1.807, 2.05) is 4.90 Å². The first-order valence-electron chi connectivity index (χ1n) is 8.30. The Morgan fingerprint density at radius 2 is 2.12 bits per heavy atom. The van der Waals surface area contributed by atoms with Crippen LogP contribution < -0.4 is 5.32 Å². The topological polar surface area (TPSA) is 91.7 Å². The minimum atomic E-state index is -0.922. The molecule has 1 aromatic heterocycles. The van der Waals surface area contributed by atoms with Gasteiger partial charge in [-0.15, -0.1) is 11.3 Å². The first-order chi connectivity index (χ1) is 12.0. The Kier molecular flexibility index (Phi) is 5.37. The molecule has 0 aliphatic carbocycles. The van der Waals surface area contributed by atoms with Gasteiger partial charge in [0.1, 0.15) is 5.92 Å². The molecular weight excluding hydrogens is 340 g/mol. The normalized spacial score (nSPS) is 20.8. The highest BCUT2D eigenvalue weighted by molar-refractivity contribution is 7.14. The van der Waals surface area contributed by atoms with Crippen molar-refractivity contribution in [2.75, 3.05) is 18.4 Å². The Labute approximate surface area is 149 Å². The number of allylic oxidation sites excluding steroid dienone is 1. The fourth-order valence-corrected chi connectivity index (χ4v) is 3.51. The summed E-state index contributed by atoms with van der Waals surface area (Å²) >= 11 is 1.24. The van der Waals surface area contributed by atoms with Crippen molar-refractivity contribution in [3.8, 4) is 0 Å². The zero-order valence-electron chi connectivity index (χ0n) is 14.0. The van der Waals surface area contributed by atoms with Crippen molar-refractivity contribution >= 4 is 40.4 Å². The summed E-state index contributed by atoms with van der Waals surface area (Å²) in [7, 11) is 0. The third-order valence-electron chi connectivity index (χ3n) is 4.39. The van der Waals surface area contributed by atoms with Gasteiger partial charge >= 0.3 is 0 Å². The smallest absolute Gasteiger partial charge is 0.262 e. The number of amides is 3. The average Bonchev–Trinajstić information content (AvgIpc) is 3.02. The number of nitrogens with one attached hydrogen (secondary N) is 1. The van der Waals surface area contributed by atoms with Gasteiger partial charge in [0.15, 0.2) is 5.13 Å². The van der Waals surface area contributed by atoms with Gasteiger partial charge in [-0.05, 0) is 24.8 Å². The fraction of sp³-hybridized carbons (Fsp3) is 0.471. The molecule has 1 fully saturated rings. The third-order valence-corrected chi connectivity index (χ3v) is 5.20. The molecule has 1 unspecified atom stereocenters. The van der Waals surface area contributed by atoms with Crippen LogP contribution in [0.1, 0.15) is 25.5 Å². The zero-order valence-corrected chi connectivity index (χ0v) is 14.8. The lowest BCUT2D eigenvalue weighted by molar-refractivity contribution is -0.132. The number of dihydropyridines is 1. The number of carbonyl (C=O) groups is 3. The largest absolute Gasteiger partial charge is 0.342 e. The second kappa shape index (κ2) is 7.69. The van der Waals surface area contributed by atoms with Crippen molar-refractivity contribution in [3.63, 3.8) is 0 Å². The van der Waals surface area contributed by atoms with Gasteiger partial charge in [-0.25, -0.2) is 9.98 Å². The van der Waals surface area contributed by atoms with Crippen LogP contribution >= 0.6 is 11.3 Å². The predicted octanol–water partition coefficient (Wildman–Crippen LogP) is 1.67. The minimum Gasteiger partial charge on any atom is -0.342 e.